The van der Waals surface area contributed by atoms with Crippen molar-refractivity contribution in [3.8, 4) is 6.07 Å². The summed E-state index contributed by atoms with van der Waals surface area (Å²) in [5, 5.41) is 19.1. The third kappa shape index (κ3) is 7.24. The Labute approximate surface area is 247 Å². The molecular formula is C33H49ClN4O2. The third-order valence-electron chi connectivity index (χ3n) is 8.96. The molecule has 6 nitrogen and oxygen atoms in total. The van der Waals surface area contributed by atoms with E-state index in [1.807, 2.05) is 45.9 Å². The number of ether oxygens (including phenoxy) is 1. The van der Waals surface area contributed by atoms with Gasteiger partial charge in [-0.05, 0) is 86.4 Å². The normalized spacial score (nSPS) is 19.3. The van der Waals surface area contributed by atoms with Crippen molar-refractivity contribution in [1.82, 2.24) is 0 Å². The fourth-order valence-corrected chi connectivity index (χ4v) is 6.62. The fraction of sp³-hybridized carbons (Fsp3) is 0.606. The lowest BCUT2D eigenvalue weighted by Gasteiger charge is -2.42. The van der Waals surface area contributed by atoms with Gasteiger partial charge in [-0.25, -0.2) is 0 Å². The highest BCUT2D eigenvalue weighted by atomic mass is 35.5. The maximum Gasteiger partial charge on any atom is 0.101 e. The lowest BCUT2D eigenvalue weighted by Crippen LogP contribution is -2.46. The second kappa shape index (κ2) is 15.0. The van der Waals surface area contributed by atoms with Crippen molar-refractivity contribution in [1.29, 1.82) is 5.26 Å². The predicted molar refractivity (Wildman–Crippen MR) is 169 cm³/mol. The van der Waals surface area contributed by atoms with Crippen LogP contribution in [0.5, 0.6) is 0 Å². The minimum absolute atomic E-state index is 0.170. The van der Waals surface area contributed by atoms with Crippen LogP contribution in [0.4, 0.5) is 17.1 Å². The fourth-order valence-electron chi connectivity index (χ4n) is 6.40. The van der Waals surface area contributed by atoms with Crippen LogP contribution in [0.3, 0.4) is 0 Å². The van der Waals surface area contributed by atoms with E-state index in [0.29, 0.717) is 22.4 Å². The van der Waals surface area contributed by atoms with Gasteiger partial charge in [0.25, 0.3) is 0 Å². The van der Waals surface area contributed by atoms with Crippen molar-refractivity contribution in [2.75, 3.05) is 67.7 Å². The van der Waals surface area contributed by atoms with Gasteiger partial charge in [0.1, 0.15) is 6.07 Å². The number of nitriles is 1. The number of hydrogen-bond donors (Lipinski definition) is 1. The number of anilines is 3. The van der Waals surface area contributed by atoms with E-state index in [9.17, 15) is 5.11 Å². The Balaban J connectivity index is 0.00000106. The summed E-state index contributed by atoms with van der Waals surface area (Å²) in [6.07, 6.45) is 6.23. The Kier molecular flexibility index (Phi) is 12.0. The average molecular weight is 569 g/mol. The van der Waals surface area contributed by atoms with Crippen LogP contribution in [-0.4, -0.2) is 63.7 Å². The van der Waals surface area contributed by atoms with Crippen molar-refractivity contribution in [3.63, 3.8) is 0 Å². The van der Waals surface area contributed by atoms with E-state index >= 15 is 0 Å². The van der Waals surface area contributed by atoms with Gasteiger partial charge in [-0.15, -0.1) is 0 Å². The molecule has 0 unspecified atom stereocenters. The summed E-state index contributed by atoms with van der Waals surface area (Å²) in [5.74, 6) is 0. The zero-order chi connectivity index (χ0) is 29.2. The second-order valence-corrected chi connectivity index (χ2v) is 11.2. The molecule has 0 atom stereocenters. The number of benzene rings is 2. The van der Waals surface area contributed by atoms with Gasteiger partial charge in [0.05, 0.1) is 16.2 Å². The first-order valence-corrected chi connectivity index (χ1v) is 15.6. The highest BCUT2D eigenvalue weighted by Crippen LogP contribution is 2.43. The Bertz CT molecular complexity index is 1080. The number of rotatable bonds is 6. The first-order chi connectivity index (χ1) is 19.5. The number of methoxy groups -OCH3 is 1. The number of aliphatic hydroxyl groups is 1. The monoisotopic (exact) mass is 568 g/mol. The molecular weight excluding hydrogens is 520 g/mol. The number of hydrogen-bond acceptors (Lipinski definition) is 6. The molecule has 2 aromatic rings. The molecule has 0 saturated carbocycles. The molecule has 3 aliphatic rings. The highest BCUT2D eigenvalue weighted by molar-refractivity contribution is 6.32. The molecule has 220 valence electrons. The molecule has 0 amide bonds. The Morgan fingerprint density at radius 2 is 1.27 bits per heavy atom. The van der Waals surface area contributed by atoms with E-state index in [1.54, 1.807) is 7.11 Å². The van der Waals surface area contributed by atoms with Gasteiger partial charge in [0, 0.05) is 70.0 Å². The maximum atomic E-state index is 9.40. The molecule has 3 heterocycles. The largest absolute Gasteiger partial charge is 0.396 e. The van der Waals surface area contributed by atoms with E-state index in [2.05, 4.69) is 45.0 Å². The Morgan fingerprint density at radius 3 is 1.73 bits per heavy atom. The zero-order valence-corrected chi connectivity index (χ0v) is 26.0. The molecule has 3 aliphatic heterocycles. The standard InChI is InChI=1S/C29H37ClN4O2.2C2H6/c1-36-29(13-19-35)11-17-33(18-12-29)25-6-4-24(5-7-25)32-14-8-28(9-15-32)10-16-34(22-28)26-3-2-23(21-31)27(30)20-26;2*1-2/h2-7,20,35H,8-19,22H2,1H3;2*1-2H3. The van der Waals surface area contributed by atoms with E-state index in [-0.39, 0.29) is 12.2 Å². The van der Waals surface area contributed by atoms with Crippen LogP contribution in [0.2, 0.25) is 5.02 Å². The van der Waals surface area contributed by atoms with E-state index in [1.165, 1.54) is 30.6 Å². The summed E-state index contributed by atoms with van der Waals surface area (Å²) in [7, 11) is 1.77. The van der Waals surface area contributed by atoms with Gasteiger partial charge < -0.3 is 24.5 Å². The van der Waals surface area contributed by atoms with Crippen LogP contribution in [0.1, 0.15) is 71.8 Å². The van der Waals surface area contributed by atoms with E-state index in [4.69, 9.17) is 21.6 Å². The average Bonchev–Trinajstić information content (AvgIpc) is 3.43. The predicted octanol–water partition coefficient (Wildman–Crippen LogP) is 7.13. The van der Waals surface area contributed by atoms with Crippen LogP contribution in [-0.2, 0) is 4.74 Å². The van der Waals surface area contributed by atoms with Crippen molar-refractivity contribution in [2.45, 2.75) is 71.8 Å². The molecule has 0 aromatic heterocycles. The summed E-state index contributed by atoms with van der Waals surface area (Å²) in [6, 6.07) is 17.0. The van der Waals surface area contributed by atoms with Gasteiger partial charge in [0.2, 0.25) is 0 Å². The molecule has 0 radical (unpaired) electrons. The number of aliphatic hydroxyl groups excluding tert-OH is 1. The van der Waals surface area contributed by atoms with Crippen molar-refractivity contribution >= 4 is 28.7 Å². The van der Waals surface area contributed by atoms with Gasteiger partial charge in [-0.1, -0.05) is 39.3 Å². The van der Waals surface area contributed by atoms with Crippen LogP contribution >= 0.6 is 11.6 Å². The molecule has 3 saturated heterocycles. The van der Waals surface area contributed by atoms with Gasteiger partial charge >= 0.3 is 0 Å². The Hall–Kier alpha value is -2.46. The molecule has 5 rings (SSSR count). The van der Waals surface area contributed by atoms with Crippen LogP contribution in [0.15, 0.2) is 42.5 Å². The third-order valence-corrected chi connectivity index (χ3v) is 9.27. The molecule has 40 heavy (non-hydrogen) atoms. The minimum Gasteiger partial charge on any atom is -0.396 e. The number of piperidine rings is 2. The smallest absolute Gasteiger partial charge is 0.101 e. The van der Waals surface area contributed by atoms with Crippen LogP contribution in [0, 0.1) is 16.7 Å². The van der Waals surface area contributed by atoms with Crippen LogP contribution in [0.25, 0.3) is 0 Å². The van der Waals surface area contributed by atoms with Gasteiger partial charge in [-0.2, -0.15) is 5.26 Å². The SMILES string of the molecule is CC.CC.COC1(CCO)CCN(c2ccc(N3CCC4(CC3)CCN(c3ccc(C#N)c(Cl)c3)C4)cc2)CC1. The highest BCUT2D eigenvalue weighted by Gasteiger charge is 2.41. The van der Waals surface area contributed by atoms with Gasteiger partial charge in [0.15, 0.2) is 0 Å². The van der Waals surface area contributed by atoms with Crippen molar-refractivity contribution in [3.05, 3.63) is 53.1 Å². The lowest BCUT2D eigenvalue weighted by molar-refractivity contribution is -0.0455. The summed E-state index contributed by atoms with van der Waals surface area (Å²) in [4.78, 5) is 7.41. The molecule has 1 N–H and O–H groups in total. The summed E-state index contributed by atoms with van der Waals surface area (Å²) in [5.41, 5.74) is 4.45. The number of nitrogens with zero attached hydrogens (tertiary/aromatic N) is 4. The maximum absolute atomic E-state index is 9.40. The second-order valence-electron chi connectivity index (χ2n) is 10.8. The van der Waals surface area contributed by atoms with Gasteiger partial charge in [-0.3, -0.25) is 0 Å². The minimum atomic E-state index is -0.170. The van der Waals surface area contributed by atoms with Crippen LogP contribution < -0.4 is 14.7 Å². The summed E-state index contributed by atoms with van der Waals surface area (Å²) < 4.78 is 5.77. The summed E-state index contributed by atoms with van der Waals surface area (Å²) in [6.45, 7) is 14.4. The quantitative estimate of drug-likeness (QED) is 0.400. The molecule has 2 aromatic carbocycles. The zero-order valence-electron chi connectivity index (χ0n) is 25.3. The topological polar surface area (TPSA) is 63.0 Å². The first kappa shape index (κ1) is 32.1. The molecule has 1 spiro atoms. The van der Waals surface area contributed by atoms with Crippen molar-refractivity contribution < 1.29 is 9.84 Å². The van der Waals surface area contributed by atoms with Crippen molar-refractivity contribution in [2.24, 2.45) is 5.41 Å². The molecule has 0 aliphatic carbocycles. The Morgan fingerprint density at radius 1 is 0.800 bits per heavy atom. The molecule has 7 heteroatoms. The van der Waals surface area contributed by atoms with E-state index in [0.717, 1.165) is 57.8 Å². The molecule has 3 fully saturated rings. The first-order valence-electron chi connectivity index (χ1n) is 15.2. The summed E-state index contributed by atoms with van der Waals surface area (Å²) >= 11 is 6.29. The van der Waals surface area contributed by atoms with E-state index < -0.39 is 0 Å². The number of halogens is 1. The lowest BCUT2D eigenvalue weighted by atomic mass is 9.77. The molecule has 0 bridgehead atoms.